The lowest BCUT2D eigenvalue weighted by atomic mass is 9.93. The van der Waals surface area contributed by atoms with Crippen LogP contribution < -0.4 is 5.32 Å². The molecule has 9 heteroatoms. The van der Waals surface area contributed by atoms with Crippen LogP contribution in [-0.4, -0.2) is 50.5 Å². The molecular weight excluding hydrogens is 398 g/mol. The Morgan fingerprint density at radius 1 is 1.03 bits per heavy atom. The summed E-state index contributed by atoms with van der Waals surface area (Å²) in [7, 11) is 0. The van der Waals surface area contributed by atoms with Crippen LogP contribution in [0.15, 0.2) is 36.5 Å². The summed E-state index contributed by atoms with van der Waals surface area (Å²) in [5.74, 6) is -0.326. The summed E-state index contributed by atoms with van der Waals surface area (Å²) >= 11 is 0. The minimum atomic E-state index is -0.459. The highest BCUT2D eigenvalue weighted by atomic mass is 16.6. The maximum atomic E-state index is 13.0. The first-order chi connectivity index (χ1) is 15.0. The molecule has 1 aromatic carbocycles. The number of nitro benzene ring substituents is 1. The summed E-state index contributed by atoms with van der Waals surface area (Å²) in [5.41, 5.74) is 0.929. The molecule has 2 amide bonds. The Morgan fingerprint density at radius 3 is 2.48 bits per heavy atom. The molecule has 1 atom stereocenters. The first-order valence-corrected chi connectivity index (χ1v) is 10.9. The lowest BCUT2D eigenvalue weighted by Gasteiger charge is -2.33. The van der Waals surface area contributed by atoms with E-state index in [2.05, 4.69) is 10.4 Å². The van der Waals surface area contributed by atoms with Crippen molar-refractivity contribution < 1.29 is 14.5 Å². The van der Waals surface area contributed by atoms with Gasteiger partial charge in [0.15, 0.2) is 5.69 Å². The molecule has 0 radical (unpaired) electrons. The van der Waals surface area contributed by atoms with Crippen LogP contribution in [0.5, 0.6) is 0 Å². The van der Waals surface area contributed by atoms with Gasteiger partial charge in [-0.25, -0.2) is 4.68 Å². The first-order valence-electron chi connectivity index (χ1n) is 10.9. The van der Waals surface area contributed by atoms with Crippen LogP contribution in [0.2, 0.25) is 0 Å². The van der Waals surface area contributed by atoms with E-state index < -0.39 is 4.92 Å². The van der Waals surface area contributed by atoms with Crippen molar-refractivity contribution in [1.29, 1.82) is 0 Å². The zero-order chi connectivity index (χ0) is 21.8. The van der Waals surface area contributed by atoms with Crippen molar-refractivity contribution in [3.8, 4) is 5.69 Å². The number of piperidine rings is 1. The van der Waals surface area contributed by atoms with Crippen molar-refractivity contribution in [2.75, 3.05) is 13.1 Å². The molecule has 1 aromatic heterocycles. The van der Waals surface area contributed by atoms with Crippen molar-refractivity contribution in [3.63, 3.8) is 0 Å². The van der Waals surface area contributed by atoms with Gasteiger partial charge < -0.3 is 10.2 Å². The highest BCUT2D eigenvalue weighted by molar-refractivity contribution is 5.93. The quantitative estimate of drug-likeness (QED) is 0.585. The van der Waals surface area contributed by atoms with Gasteiger partial charge in [0.05, 0.1) is 16.5 Å². The molecule has 1 aliphatic carbocycles. The van der Waals surface area contributed by atoms with E-state index in [1.54, 1.807) is 29.3 Å². The number of hydrogen-bond donors (Lipinski definition) is 1. The van der Waals surface area contributed by atoms with Crippen molar-refractivity contribution >= 4 is 17.5 Å². The Hall–Kier alpha value is -3.23. The fourth-order valence-electron chi connectivity index (χ4n) is 4.41. The fourth-order valence-corrected chi connectivity index (χ4v) is 4.41. The van der Waals surface area contributed by atoms with E-state index in [1.165, 1.54) is 23.2 Å². The molecule has 0 spiro atoms. The number of nitrogens with one attached hydrogen (secondary N) is 1. The van der Waals surface area contributed by atoms with Crippen LogP contribution in [0, 0.1) is 16.0 Å². The van der Waals surface area contributed by atoms with Crippen molar-refractivity contribution in [2.24, 2.45) is 5.92 Å². The third-order valence-electron chi connectivity index (χ3n) is 6.16. The van der Waals surface area contributed by atoms with E-state index in [4.69, 9.17) is 0 Å². The summed E-state index contributed by atoms with van der Waals surface area (Å²) in [4.78, 5) is 37.7. The average Bonchev–Trinajstić information content (AvgIpc) is 3.30. The molecule has 164 valence electrons. The zero-order valence-electron chi connectivity index (χ0n) is 17.4. The number of nitro groups is 1. The molecule has 1 saturated heterocycles. The minimum Gasteiger partial charge on any atom is -0.353 e. The predicted molar refractivity (Wildman–Crippen MR) is 114 cm³/mol. The Labute approximate surface area is 180 Å². The van der Waals surface area contributed by atoms with Gasteiger partial charge in [-0.2, -0.15) is 5.10 Å². The number of carbonyl (C=O) groups excluding carboxylic acids is 2. The van der Waals surface area contributed by atoms with E-state index in [0.717, 1.165) is 38.5 Å². The van der Waals surface area contributed by atoms with E-state index >= 15 is 0 Å². The summed E-state index contributed by atoms with van der Waals surface area (Å²) in [6.45, 7) is 1.01. The summed E-state index contributed by atoms with van der Waals surface area (Å²) in [5, 5.41) is 18.3. The molecule has 1 aliphatic heterocycles. The zero-order valence-corrected chi connectivity index (χ0v) is 17.4. The number of aromatic nitrogens is 2. The standard InChI is InChI=1S/C22H27N5O4/c28-21(23-17-6-2-1-3-7-17)16-5-4-13-25(15-16)22(29)20-12-14-26(24-20)18-8-10-19(11-9-18)27(30)31/h8-12,14,16-17H,1-7,13,15H2,(H,23,28). The highest BCUT2D eigenvalue weighted by Gasteiger charge is 2.31. The second kappa shape index (κ2) is 9.28. The number of carbonyl (C=O) groups is 2. The maximum Gasteiger partial charge on any atom is 0.274 e. The van der Waals surface area contributed by atoms with Crippen LogP contribution >= 0.6 is 0 Å². The minimum absolute atomic E-state index is 0.00179. The topological polar surface area (TPSA) is 110 Å². The van der Waals surface area contributed by atoms with Gasteiger partial charge in [0.2, 0.25) is 5.91 Å². The Morgan fingerprint density at radius 2 is 1.77 bits per heavy atom. The first kappa shape index (κ1) is 21.0. The monoisotopic (exact) mass is 425 g/mol. The van der Waals surface area contributed by atoms with Gasteiger partial charge in [0.25, 0.3) is 11.6 Å². The number of benzene rings is 1. The van der Waals surface area contributed by atoms with E-state index in [1.807, 2.05) is 0 Å². The van der Waals surface area contributed by atoms with Crippen LogP contribution in [-0.2, 0) is 4.79 Å². The van der Waals surface area contributed by atoms with Gasteiger partial charge in [0.1, 0.15) is 0 Å². The lowest BCUT2D eigenvalue weighted by Crippen LogP contribution is -2.48. The maximum absolute atomic E-state index is 13.0. The predicted octanol–water partition coefficient (Wildman–Crippen LogP) is 3.08. The Bertz CT molecular complexity index is 949. The highest BCUT2D eigenvalue weighted by Crippen LogP contribution is 2.22. The molecule has 2 aromatic rings. The van der Waals surface area contributed by atoms with Crippen LogP contribution in [0.1, 0.15) is 55.4 Å². The van der Waals surface area contributed by atoms with E-state index in [0.29, 0.717) is 24.5 Å². The number of hydrogen-bond acceptors (Lipinski definition) is 5. The summed E-state index contributed by atoms with van der Waals surface area (Å²) in [6, 6.07) is 7.88. The van der Waals surface area contributed by atoms with Gasteiger partial charge in [-0.15, -0.1) is 0 Å². The SMILES string of the molecule is O=C(NC1CCCCC1)C1CCCN(C(=O)c2ccn(-c3ccc([N+](=O)[O-])cc3)n2)C1. The third-order valence-corrected chi connectivity index (χ3v) is 6.16. The van der Waals surface area contributed by atoms with Crippen molar-refractivity contribution in [2.45, 2.75) is 51.0 Å². The van der Waals surface area contributed by atoms with Gasteiger partial charge in [-0.1, -0.05) is 19.3 Å². The molecule has 1 unspecified atom stereocenters. The number of nitrogens with zero attached hydrogens (tertiary/aromatic N) is 4. The molecule has 0 bridgehead atoms. The smallest absolute Gasteiger partial charge is 0.274 e. The summed E-state index contributed by atoms with van der Waals surface area (Å²) in [6.07, 6.45) is 8.89. The van der Waals surface area contributed by atoms with Gasteiger partial charge in [-0.3, -0.25) is 19.7 Å². The van der Waals surface area contributed by atoms with Crippen LogP contribution in [0.3, 0.4) is 0 Å². The number of rotatable bonds is 5. The largest absolute Gasteiger partial charge is 0.353 e. The Balaban J connectivity index is 1.38. The number of likely N-dealkylation sites (tertiary alicyclic amines) is 1. The molecule has 1 saturated carbocycles. The molecule has 2 heterocycles. The molecule has 1 N–H and O–H groups in total. The average molecular weight is 425 g/mol. The normalized spacial score (nSPS) is 19.7. The van der Waals surface area contributed by atoms with E-state index in [9.17, 15) is 19.7 Å². The van der Waals surface area contributed by atoms with E-state index in [-0.39, 0.29) is 29.5 Å². The summed E-state index contributed by atoms with van der Waals surface area (Å²) < 4.78 is 1.52. The molecule has 4 rings (SSSR count). The lowest BCUT2D eigenvalue weighted by molar-refractivity contribution is -0.384. The van der Waals surface area contributed by atoms with Gasteiger partial charge in [-0.05, 0) is 43.9 Å². The van der Waals surface area contributed by atoms with Crippen molar-refractivity contribution in [1.82, 2.24) is 20.0 Å². The Kier molecular flexibility index (Phi) is 6.29. The van der Waals surface area contributed by atoms with Gasteiger partial charge >= 0.3 is 0 Å². The molecule has 9 nitrogen and oxygen atoms in total. The fraction of sp³-hybridized carbons (Fsp3) is 0.500. The van der Waals surface area contributed by atoms with Crippen molar-refractivity contribution in [3.05, 3.63) is 52.3 Å². The van der Waals surface area contributed by atoms with Crippen LogP contribution in [0.4, 0.5) is 5.69 Å². The molecule has 31 heavy (non-hydrogen) atoms. The number of amides is 2. The molecule has 2 aliphatic rings. The van der Waals surface area contributed by atoms with Gasteiger partial charge in [0, 0.05) is 37.5 Å². The second-order valence-corrected chi connectivity index (χ2v) is 8.35. The van der Waals surface area contributed by atoms with Crippen LogP contribution in [0.25, 0.3) is 5.69 Å². The number of non-ortho nitro benzene ring substituents is 1. The molecular formula is C22H27N5O4. The second-order valence-electron chi connectivity index (χ2n) is 8.35. The molecule has 2 fully saturated rings. The third kappa shape index (κ3) is 4.92.